The number of carbonyl (C=O) groups is 4. The van der Waals surface area contributed by atoms with E-state index in [0.29, 0.717) is 45.5 Å². The molecule has 4 bridgehead atoms. The Morgan fingerprint density at radius 1 is 0.578 bits per heavy atom. The predicted octanol–water partition coefficient (Wildman–Crippen LogP) is 8.77. The predicted molar refractivity (Wildman–Crippen MR) is 249 cm³/mol. The number of ether oxygens (including phenoxy) is 2. The molecule has 3 amide bonds. The Hall–Kier alpha value is -4.56. The fourth-order valence-corrected chi connectivity index (χ4v) is 10.2. The summed E-state index contributed by atoms with van der Waals surface area (Å²) in [6, 6.07) is 27.2. The molecule has 0 aromatic heterocycles. The second-order valence-corrected chi connectivity index (χ2v) is 18.9. The Balaban J connectivity index is 0.000000192. The second-order valence-electron chi connectivity index (χ2n) is 17.2. The Morgan fingerprint density at radius 3 is 1.31 bits per heavy atom. The first-order valence-electron chi connectivity index (χ1n) is 21.6. The summed E-state index contributed by atoms with van der Waals surface area (Å²) >= 11 is 23.9. The third-order valence-corrected chi connectivity index (χ3v) is 13.5. The summed E-state index contributed by atoms with van der Waals surface area (Å²) in [6.07, 6.45) is 8.24. The summed E-state index contributed by atoms with van der Waals surface area (Å²) in [5.74, 6) is -1.32. The lowest BCUT2D eigenvalue weighted by Gasteiger charge is -2.39. The molecule has 340 valence electrons. The molecule has 4 aromatic carbocycles. The number of hydrogen-bond acceptors (Lipinski definition) is 8. The highest BCUT2D eigenvalue weighted by Gasteiger charge is 2.42. The van der Waals surface area contributed by atoms with Crippen LogP contribution in [0.15, 0.2) is 84.9 Å². The van der Waals surface area contributed by atoms with E-state index < -0.39 is 5.97 Å². The van der Waals surface area contributed by atoms with Gasteiger partial charge in [-0.25, -0.2) is 4.79 Å². The van der Waals surface area contributed by atoms with Crippen molar-refractivity contribution in [3.05, 3.63) is 127 Å². The molecule has 4 aliphatic heterocycles. The first-order valence-corrected chi connectivity index (χ1v) is 23.1. The van der Waals surface area contributed by atoms with Crippen molar-refractivity contribution in [2.45, 2.75) is 101 Å². The van der Waals surface area contributed by atoms with Gasteiger partial charge < -0.3 is 30.1 Å². The van der Waals surface area contributed by atoms with E-state index in [1.165, 1.54) is 34.2 Å². The Labute approximate surface area is 394 Å². The van der Waals surface area contributed by atoms with Gasteiger partial charge in [0.25, 0.3) is 17.7 Å². The highest BCUT2D eigenvalue weighted by molar-refractivity contribution is 6.31. The molecule has 4 atom stereocenters. The van der Waals surface area contributed by atoms with E-state index in [4.69, 9.17) is 55.9 Å². The first-order chi connectivity index (χ1) is 30.7. The van der Waals surface area contributed by atoms with E-state index in [2.05, 4.69) is 44.7 Å². The maximum Gasteiger partial charge on any atom is 0.339 e. The van der Waals surface area contributed by atoms with Gasteiger partial charge in [-0.15, -0.1) is 0 Å². The number of carboxylic acid groups (broad SMARTS) is 1. The molecule has 0 radical (unpaired) electrons. The van der Waals surface area contributed by atoms with Crippen LogP contribution in [-0.4, -0.2) is 107 Å². The van der Waals surface area contributed by atoms with E-state index in [1.807, 2.05) is 24.3 Å². The molecule has 4 aromatic rings. The number of nitrogens with one attached hydrogen (secondary N) is 2. The molecule has 16 heteroatoms. The number of amides is 3. The van der Waals surface area contributed by atoms with Gasteiger partial charge in [-0.05, 0) is 123 Å². The molecule has 12 nitrogen and oxygen atoms in total. The molecule has 4 saturated heterocycles. The number of carbonyl (C=O) groups excluding carboxylic acids is 3. The lowest BCUT2D eigenvalue weighted by Crippen LogP contribution is -2.50. The van der Waals surface area contributed by atoms with Gasteiger partial charge >= 0.3 is 5.97 Å². The standard InChI is InChI=1S/C25H29Cl2N3O3.C23H24Cl2N2O4/c1-29(2)25(32)22-11-18(27)7-10-23(22)33-15-24(31)28-19-12-20-8-9-21(13-19)30(20)14-16-3-5-17(26)6-4-16;24-15-3-1-14(2-4-15)12-27-18-6-7-19(27)11-17(10-18)26-22(28)13-31-21-8-5-16(25)9-20(21)23(29)30/h3-7,10-11,19-21H,8-9,12-15H2,1-2H3,(H,28,31);1-5,8-9,17-19H,6-7,10-13H2,(H,26,28)(H,29,30). The monoisotopic (exact) mass is 951 g/mol. The van der Waals surface area contributed by atoms with Gasteiger partial charge in [0.2, 0.25) is 0 Å². The van der Waals surface area contributed by atoms with Gasteiger partial charge in [-0.2, -0.15) is 0 Å². The molecule has 0 saturated carbocycles. The third kappa shape index (κ3) is 12.4. The van der Waals surface area contributed by atoms with Crippen LogP contribution in [0.1, 0.15) is 83.2 Å². The van der Waals surface area contributed by atoms with Crippen LogP contribution in [-0.2, 0) is 22.7 Å². The van der Waals surface area contributed by atoms with Crippen molar-refractivity contribution in [2.24, 2.45) is 0 Å². The quantitative estimate of drug-likeness (QED) is 0.113. The van der Waals surface area contributed by atoms with Crippen LogP contribution in [0, 0.1) is 0 Å². The summed E-state index contributed by atoms with van der Waals surface area (Å²) in [7, 11) is 3.32. The minimum atomic E-state index is -1.15. The van der Waals surface area contributed by atoms with E-state index in [1.54, 1.807) is 32.3 Å². The van der Waals surface area contributed by atoms with Crippen LogP contribution in [0.2, 0.25) is 20.1 Å². The molecule has 8 rings (SSSR count). The van der Waals surface area contributed by atoms with Crippen LogP contribution in [0.25, 0.3) is 0 Å². The molecule has 64 heavy (non-hydrogen) atoms. The topological polar surface area (TPSA) is 141 Å². The second kappa shape index (κ2) is 21.6. The molecular weight excluding hydrogens is 900 g/mol. The average molecular weight is 954 g/mol. The van der Waals surface area contributed by atoms with Crippen molar-refractivity contribution < 1.29 is 33.8 Å². The highest BCUT2D eigenvalue weighted by atomic mass is 35.5. The van der Waals surface area contributed by atoms with Crippen molar-refractivity contribution in [2.75, 3.05) is 27.3 Å². The summed E-state index contributed by atoms with van der Waals surface area (Å²) in [6.45, 7) is 1.43. The molecule has 4 fully saturated rings. The van der Waals surface area contributed by atoms with Crippen molar-refractivity contribution in [3.8, 4) is 11.5 Å². The number of halogens is 4. The largest absolute Gasteiger partial charge is 0.483 e. The van der Waals surface area contributed by atoms with Crippen LogP contribution in [0.5, 0.6) is 11.5 Å². The molecule has 3 N–H and O–H groups in total. The number of hydrogen-bond donors (Lipinski definition) is 3. The summed E-state index contributed by atoms with van der Waals surface area (Å²) in [5.41, 5.74) is 2.79. The van der Waals surface area contributed by atoms with Crippen LogP contribution < -0.4 is 20.1 Å². The maximum atomic E-state index is 12.6. The highest BCUT2D eigenvalue weighted by Crippen LogP contribution is 2.38. The smallest absolute Gasteiger partial charge is 0.339 e. The lowest BCUT2D eigenvalue weighted by molar-refractivity contribution is -0.125. The van der Waals surface area contributed by atoms with E-state index in [-0.39, 0.29) is 54.3 Å². The number of benzene rings is 4. The fraction of sp³-hybridized carbons (Fsp3) is 0.417. The maximum absolute atomic E-state index is 12.6. The van der Waals surface area contributed by atoms with E-state index in [9.17, 15) is 24.3 Å². The third-order valence-electron chi connectivity index (χ3n) is 12.5. The fourth-order valence-electron chi connectivity index (χ4n) is 9.56. The first kappa shape index (κ1) is 47.4. The SMILES string of the molecule is CN(C)C(=O)c1cc(Cl)ccc1OCC(=O)NC1CC2CCC(C1)N2Cc1ccc(Cl)cc1.O=C(COc1ccc(Cl)cc1C(=O)O)NC1CC2CCC(C1)N2Cc1ccc(Cl)cc1. The normalized spacial score (nSPS) is 22.5. The van der Waals surface area contributed by atoms with Gasteiger partial charge in [0, 0.05) is 83.5 Å². The number of nitrogens with zero attached hydrogens (tertiary/aromatic N) is 3. The molecular formula is C48H53Cl4N5O7. The zero-order chi connectivity index (χ0) is 45.5. The number of fused-ring (bicyclic) bond motifs is 4. The van der Waals surface area contributed by atoms with Gasteiger partial charge in [0.15, 0.2) is 13.2 Å². The zero-order valence-electron chi connectivity index (χ0n) is 35.8. The average Bonchev–Trinajstić information content (AvgIpc) is 3.63. The van der Waals surface area contributed by atoms with E-state index in [0.717, 1.165) is 74.5 Å². The molecule has 4 aliphatic rings. The number of carboxylic acids is 1. The van der Waals surface area contributed by atoms with Gasteiger partial charge in [0.05, 0.1) is 5.56 Å². The molecule has 4 heterocycles. The summed E-state index contributed by atoms with van der Waals surface area (Å²) in [4.78, 5) is 55.4. The number of aromatic carboxylic acids is 1. The number of rotatable bonds is 14. The van der Waals surface area contributed by atoms with Crippen LogP contribution in [0.3, 0.4) is 0 Å². The minimum absolute atomic E-state index is 0.0612. The number of piperidine rings is 2. The van der Waals surface area contributed by atoms with Crippen LogP contribution in [0.4, 0.5) is 0 Å². The van der Waals surface area contributed by atoms with Crippen molar-refractivity contribution >= 4 is 70.1 Å². The summed E-state index contributed by atoms with van der Waals surface area (Å²) < 4.78 is 11.2. The van der Waals surface area contributed by atoms with Crippen molar-refractivity contribution in [3.63, 3.8) is 0 Å². The summed E-state index contributed by atoms with van der Waals surface area (Å²) in [5, 5.41) is 17.7. The molecule has 0 aliphatic carbocycles. The minimum Gasteiger partial charge on any atom is -0.483 e. The van der Waals surface area contributed by atoms with Gasteiger partial charge in [0.1, 0.15) is 17.1 Å². The van der Waals surface area contributed by atoms with E-state index >= 15 is 0 Å². The Bertz CT molecular complexity index is 2270. The van der Waals surface area contributed by atoms with Gasteiger partial charge in [-0.3, -0.25) is 24.2 Å². The van der Waals surface area contributed by atoms with Crippen LogP contribution >= 0.6 is 46.4 Å². The molecule has 4 unspecified atom stereocenters. The van der Waals surface area contributed by atoms with Crippen molar-refractivity contribution in [1.29, 1.82) is 0 Å². The molecule has 0 spiro atoms. The Kier molecular flexibility index (Phi) is 16.0. The van der Waals surface area contributed by atoms with Crippen molar-refractivity contribution in [1.82, 2.24) is 25.3 Å². The lowest BCUT2D eigenvalue weighted by atomic mass is 9.96. The van der Waals surface area contributed by atoms with Gasteiger partial charge in [-0.1, -0.05) is 70.7 Å². The zero-order valence-corrected chi connectivity index (χ0v) is 38.8. The Morgan fingerprint density at radius 2 is 0.938 bits per heavy atom.